The molecule has 20 radical (unpaired) electrons. The van der Waals surface area contributed by atoms with Gasteiger partial charge in [0.1, 0.15) is 0 Å². The van der Waals surface area contributed by atoms with Crippen LogP contribution in [-0.4, -0.2) is 31.7 Å². The summed E-state index contributed by atoms with van der Waals surface area (Å²) in [5.74, 6) is 2.85. The van der Waals surface area contributed by atoms with Crippen LogP contribution < -0.4 is 12.4 Å². The van der Waals surface area contributed by atoms with Crippen LogP contribution in [-0.2, 0) is 34.1 Å². The second kappa shape index (κ2) is 19.0. The summed E-state index contributed by atoms with van der Waals surface area (Å²) in [6.45, 7) is 2.19. The molecule has 4 aliphatic carbocycles. The van der Waals surface area contributed by atoms with E-state index in [9.17, 15) is 0 Å². The smallest absolute Gasteiger partial charge is 1.00 e. The monoisotopic (exact) mass is 477 g/mol. The van der Waals surface area contributed by atoms with Crippen molar-refractivity contribution >= 4 is 0 Å². The summed E-state index contributed by atoms with van der Waals surface area (Å²) in [6.07, 6.45) is 37.2. The molecule has 1 nitrogen and oxygen atoms in total. The first kappa shape index (κ1) is 31.5. The molecule has 4 aliphatic rings. The third-order valence-corrected chi connectivity index (χ3v) is 3.80. The molecule has 4 heteroatoms. The zero-order valence-electron chi connectivity index (χ0n) is 16.3. The Balaban J connectivity index is 0. The fourth-order valence-electron chi connectivity index (χ4n) is 2.72. The minimum Gasteiger partial charge on any atom is -1.00 e. The molecule has 4 fully saturated rings. The van der Waals surface area contributed by atoms with Crippen LogP contribution in [0.1, 0.15) is 0 Å². The van der Waals surface area contributed by atoms with Crippen LogP contribution in [0.4, 0.5) is 0 Å². The average Bonchev–Trinajstić information content (AvgIpc) is 3.36. The summed E-state index contributed by atoms with van der Waals surface area (Å²) in [7, 11) is 4.56. The molecule has 0 spiro atoms. The van der Waals surface area contributed by atoms with E-state index in [4.69, 9.17) is 0 Å². The van der Waals surface area contributed by atoms with E-state index in [1.165, 1.54) is 11.8 Å². The Labute approximate surface area is 204 Å². The predicted molar refractivity (Wildman–Crippen MR) is 106 cm³/mol. The summed E-state index contributed by atoms with van der Waals surface area (Å²) >= 11 is 0. The molecule has 0 atom stereocenters. The maximum absolute atomic E-state index is 2.28. The first-order chi connectivity index (χ1) is 12.2. The Bertz CT molecular complexity index is 273. The van der Waals surface area contributed by atoms with Crippen LogP contribution in [0, 0.1) is 127 Å². The first-order valence-electron chi connectivity index (χ1n) is 8.72. The molecule has 0 unspecified atom stereocenters. The third-order valence-electron chi connectivity index (χ3n) is 3.80. The van der Waals surface area contributed by atoms with E-state index in [0.29, 0.717) is 0 Å². The van der Waals surface area contributed by atoms with Gasteiger partial charge in [-0.25, -0.2) is 0 Å². The van der Waals surface area contributed by atoms with E-state index in [2.05, 4.69) is 65.5 Å². The number of nitrogens with zero attached hydrogens (tertiary/aromatic N) is 1. The zero-order valence-corrected chi connectivity index (χ0v) is 19.3. The van der Waals surface area contributed by atoms with Gasteiger partial charge < -0.3 is 16.9 Å². The van der Waals surface area contributed by atoms with Gasteiger partial charge in [-0.3, -0.25) is 0 Å². The molecule has 0 bridgehead atoms. The molecule has 28 heavy (non-hydrogen) atoms. The molecular formula is C24H28ClFe2N+4. The van der Waals surface area contributed by atoms with Gasteiger partial charge in [0, 0.05) is 11.8 Å². The molecule has 0 amide bonds. The van der Waals surface area contributed by atoms with Crippen molar-refractivity contribution in [1.82, 2.24) is 0 Å². The molecule has 0 N–H and O–H groups in total. The Kier molecular flexibility index (Phi) is 21.4. The standard InChI is InChI=1S/C14H18N.2C5H5.ClH.2Fe/c1-15(2,11-13-7-3-4-8-13)12-14-9-5-6-10-14;2*1-2-4-5-3-1;;;/h3-10H,11-12H2,1-2H3;2*1-5H;1H;;/q+1;;;;2*+2/p-1. The maximum atomic E-state index is 2.28. The van der Waals surface area contributed by atoms with Crippen molar-refractivity contribution < 1.29 is 51.0 Å². The molecule has 0 aromatic rings. The van der Waals surface area contributed by atoms with Gasteiger partial charge in [0.15, 0.2) is 0 Å². The van der Waals surface area contributed by atoms with E-state index < -0.39 is 0 Å². The molecule has 0 aliphatic heterocycles. The third kappa shape index (κ3) is 15.1. The number of rotatable bonds is 4. The summed E-state index contributed by atoms with van der Waals surface area (Å²) in [6, 6.07) is 0. The Hall–Kier alpha value is 1.29. The van der Waals surface area contributed by atoms with Gasteiger partial charge in [0.05, 0.1) is 27.2 Å². The van der Waals surface area contributed by atoms with Crippen molar-refractivity contribution in [3.05, 3.63) is 127 Å². The molecule has 148 valence electrons. The second-order valence-corrected chi connectivity index (χ2v) is 6.76. The van der Waals surface area contributed by atoms with Gasteiger partial charge in [0.2, 0.25) is 0 Å². The zero-order chi connectivity index (χ0) is 17.8. The van der Waals surface area contributed by atoms with E-state index in [1.807, 2.05) is 64.2 Å². The Morgan fingerprint density at radius 1 is 0.464 bits per heavy atom. The first-order valence-corrected chi connectivity index (χ1v) is 8.72. The van der Waals surface area contributed by atoms with E-state index in [0.717, 1.165) is 17.6 Å². The number of hydrogen-bond donors (Lipinski definition) is 0. The van der Waals surface area contributed by atoms with Crippen molar-refractivity contribution in [3.63, 3.8) is 0 Å². The van der Waals surface area contributed by atoms with Crippen molar-refractivity contribution in [2.45, 2.75) is 0 Å². The summed E-state index contributed by atoms with van der Waals surface area (Å²) < 4.78 is 1.01. The fourth-order valence-corrected chi connectivity index (χ4v) is 2.72. The second-order valence-electron chi connectivity index (χ2n) is 6.76. The van der Waals surface area contributed by atoms with Gasteiger partial charge in [-0.2, -0.15) is 0 Å². The summed E-state index contributed by atoms with van der Waals surface area (Å²) in [5, 5.41) is 0. The number of hydrogen-bond acceptors (Lipinski definition) is 0. The molecule has 0 heterocycles. The molecule has 0 aromatic heterocycles. The minimum absolute atomic E-state index is 0. The summed E-state index contributed by atoms with van der Waals surface area (Å²) in [4.78, 5) is 0. The van der Waals surface area contributed by atoms with Crippen molar-refractivity contribution in [3.8, 4) is 0 Å². The van der Waals surface area contributed by atoms with Gasteiger partial charge in [-0.15, -0.1) is 0 Å². The average molecular weight is 478 g/mol. The number of quaternary nitrogens is 1. The maximum Gasteiger partial charge on any atom is 2.00 e. The normalized spacial score (nSPS) is 22.1. The van der Waals surface area contributed by atoms with Crippen LogP contribution in [0.25, 0.3) is 0 Å². The van der Waals surface area contributed by atoms with Crippen LogP contribution in [0.5, 0.6) is 0 Å². The van der Waals surface area contributed by atoms with Crippen molar-refractivity contribution in [1.29, 1.82) is 0 Å². The van der Waals surface area contributed by atoms with Crippen molar-refractivity contribution in [2.75, 3.05) is 27.2 Å². The Morgan fingerprint density at radius 3 is 0.893 bits per heavy atom. The fraction of sp³-hybridized carbons (Fsp3) is 0.167. The minimum atomic E-state index is 0. The molecular weight excluding hydrogens is 449 g/mol. The molecule has 4 saturated carbocycles. The van der Waals surface area contributed by atoms with Gasteiger partial charge in [0.25, 0.3) is 0 Å². The van der Waals surface area contributed by atoms with E-state index in [-0.39, 0.29) is 46.5 Å². The topological polar surface area (TPSA) is 0 Å². The molecule has 0 aromatic carbocycles. The largest absolute Gasteiger partial charge is 2.00 e. The Morgan fingerprint density at radius 2 is 0.679 bits per heavy atom. The van der Waals surface area contributed by atoms with Gasteiger partial charge in [-0.1, -0.05) is 0 Å². The van der Waals surface area contributed by atoms with E-state index in [1.54, 1.807) is 0 Å². The molecule has 0 saturated heterocycles. The van der Waals surface area contributed by atoms with E-state index >= 15 is 0 Å². The van der Waals surface area contributed by atoms with Crippen LogP contribution in [0.2, 0.25) is 0 Å². The van der Waals surface area contributed by atoms with Crippen molar-refractivity contribution in [2.24, 2.45) is 0 Å². The quantitative estimate of drug-likeness (QED) is 0.417. The van der Waals surface area contributed by atoms with Gasteiger partial charge in [-0.05, 0) is 116 Å². The molecule has 4 rings (SSSR count). The van der Waals surface area contributed by atoms with Crippen LogP contribution in [0.3, 0.4) is 0 Å². The predicted octanol–water partition coefficient (Wildman–Crippen LogP) is 0.915. The van der Waals surface area contributed by atoms with Crippen LogP contribution in [0.15, 0.2) is 0 Å². The van der Waals surface area contributed by atoms with Crippen LogP contribution >= 0.6 is 0 Å². The van der Waals surface area contributed by atoms with Gasteiger partial charge >= 0.3 is 34.1 Å². The SMILES string of the molecule is C[N+](C)(C[C]1[CH][CH][CH][CH]1)C[C]1[CH][CH][CH][CH]1.[CH]1[CH][CH][CH][CH]1.[CH]1[CH][CH][CH][CH]1.[Cl-].[Fe+2].[Fe+2]. The summed E-state index contributed by atoms with van der Waals surface area (Å²) in [5.41, 5.74) is 0. The number of halogens is 1.